The van der Waals surface area contributed by atoms with Gasteiger partial charge in [0.25, 0.3) is 0 Å². The molecule has 0 heterocycles. The van der Waals surface area contributed by atoms with E-state index in [9.17, 15) is 0 Å². The first-order valence-corrected chi connectivity index (χ1v) is 8.08. The molecule has 0 aliphatic heterocycles. The van der Waals surface area contributed by atoms with E-state index >= 15 is 0 Å². The number of nitrogens with two attached hydrogens (primary N) is 1. The third-order valence-electron chi connectivity index (χ3n) is 2.73. The standard InChI is InChI=1S/C15H17NOS.C2H6/c17-16-11-10-13-6-8-14(9-7-13)12-18-15-4-2-1-3-5-15;1-2/h1-9,16-17H,10-12H2;1-2H3/p+1. The smallest absolute Gasteiger partial charge is 0.109 e. The van der Waals surface area contributed by atoms with Gasteiger partial charge in [-0.05, 0) is 23.3 Å². The molecule has 0 saturated carbocycles. The van der Waals surface area contributed by atoms with E-state index in [0.717, 1.165) is 18.7 Å². The Morgan fingerprint density at radius 1 is 0.900 bits per heavy atom. The zero-order valence-electron chi connectivity index (χ0n) is 12.3. The first kappa shape index (κ1) is 16.8. The minimum absolute atomic E-state index is 0.720. The number of benzene rings is 2. The molecule has 3 N–H and O–H groups in total. The lowest BCUT2D eigenvalue weighted by Gasteiger charge is -2.03. The van der Waals surface area contributed by atoms with Gasteiger partial charge >= 0.3 is 0 Å². The number of rotatable bonds is 6. The first-order chi connectivity index (χ1) is 9.88. The fourth-order valence-corrected chi connectivity index (χ4v) is 2.59. The van der Waals surface area contributed by atoms with Crippen LogP contribution in [0.5, 0.6) is 0 Å². The van der Waals surface area contributed by atoms with Gasteiger partial charge in [0, 0.05) is 17.1 Å². The zero-order chi connectivity index (χ0) is 14.6. The Kier molecular flexibility index (Phi) is 8.79. The summed E-state index contributed by atoms with van der Waals surface area (Å²) in [5.74, 6) is 0.996. The molecule has 0 aliphatic rings. The van der Waals surface area contributed by atoms with Crippen LogP contribution < -0.4 is 5.48 Å². The van der Waals surface area contributed by atoms with Crippen molar-refractivity contribution in [1.29, 1.82) is 0 Å². The third kappa shape index (κ3) is 6.24. The average Bonchev–Trinajstić information content (AvgIpc) is 2.55. The van der Waals surface area contributed by atoms with E-state index in [2.05, 4.69) is 48.5 Å². The fraction of sp³-hybridized carbons (Fsp3) is 0.294. The highest BCUT2D eigenvalue weighted by Gasteiger charge is 1.98. The Morgan fingerprint density at radius 2 is 1.50 bits per heavy atom. The van der Waals surface area contributed by atoms with Gasteiger partial charge in [0.1, 0.15) is 6.54 Å². The van der Waals surface area contributed by atoms with E-state index in [-0.39, 0.29) is 0 Å². The molecule has 2 aromatic carbocycles. The number of thioether (sulfide) groups is 1. The minimum Gasteiger partial charge on any atom is -0.221 e. The normalized spacial score (nSPS) is 9.75. The second-order valence-corrected chi connectivity index (χ2v) is 5.19. The summed E-state index contributed by atoms with van der Waals surface area (Å²) < 4.78 is 0. The van der Waals surface area contributed by atoms with Crippen LogP contribution in [0.3, 0.4) is 0 Å². The molecule has 0 saturated heterocycles. The molecule has 0 radical (unpaired) electrons. The summed E-state index contributed by atoms with van der Waals surface area (Å²) in [5, 5.41) is 8.66. The van der Waals surface area contributed by atoms with E-state index in [4.69, 9.17) is 5.21 Å². The van der Waals surface area contributed by atoms with Gasteiger partial charge in [-0.2, -0.15) is 0 Å². The van der Waals surface area contributed by atoms with Crippen molar-refractivity contribution in [3.8, 4) is 0 Å². The molecule has 0 aromatic heterocycles. The molecule has 108 valence electrons. The topological polar surface area (TPSA) is 36.8 Å². The van der Waals surface area contributed by atoms with Gasteiger partial charge in [0.2, 0.25) is 0 Å². The quantitative estimate of drug-likeness (QED) is 0.631. The zero-order valence-corrected chi connectivity index (χ0v) is 13.1. The van der Waals surface area contributed by atoms with Crippen LogP contribution in [0.1, 0.15) is 25.0 Å². The molecule has 0 spiro atoms. The summed E-state index contributed by atoms with van der Waals surface area (Å²) in [7, 11) is 0. The van der Waals surface area contributed by atoms with Crippen molar-refractivity contribution >= 4 is 11.8 Å². The average molecular weight is 290 g/mol. The summed E-state index contributed by atoms with van der Waals surface area (Å²) in [6.07, 6.45) is 0.905. The molecule has 0 atom stereocenters. The highest BCUT2D eigenvalue weighted by atomic mass is 32.2. The predicted molar refractivity (Wildman–Crippen MR) is 86.1 cm³/mol. The molecule has 2 aromatic rings. The van der Waals surface area contributed by atoms with Crippen LogP contribution in [-0.4, -0.2) is 11.8 Å². The summed E-state index contributed by atoms with van der Waals surface area (Å²) in [6, 6.07) is 19.1. The number of hydrogen-bond donors (Lipinski definition) is 2. The number of hydroxylamine groups is 1. The molecule has 0 unspecified atom stereocenters. The molecular weight excluding hydrogens is 266 g/mol. The largest absolute Gasteiger partial charge is 0.221 e. The highest BCUT2D eigenvalue weighted by Crippen LogP contribution is 2.22. The van der Waals surface area contributed by atoms with Crippen molar-refractivity contribution in [2.45, 2.75) is 30.9 Å². The molecule has 0 amide bonds. The van der Waals surface area contributed by atoms with E-state index in [0.29, 0.717) is 0 Å². The second-order valence-electron chi connectivity index (χ2n) is 4.14. The predicted octanol–water partition coefficient (Wildman–Crippen LogP) is 3.50. The maximum atomic E-state index is 8.66. The maximum Gasteiger partial charge on any atom is 0.109 e. The molecule has 2 nitrogen and oxygen atoms in total. The van der Waals surface area contributed by atoms with Gasteiger partial charge in [-0.25, -0.2) is 10.7 Å². The van der Waals surface area contributed by atoms with Gasteiger partial charge in [0.15, 0.2) is 0 Å². The Labute approximate surface area is 126 Å². The van der Waals surface area contributed by atoms with Gasteiger partial charge in [0.05, 0.1) is 0 Å². The summed E-state index contributed by atoms with van der Waals surface area (Å²) in [4.78, 5) is 1.30. The Balaban J connectivity index is 0.000000956. The van der Waals surface area contributed by atoms with Crippen molar-refractivity contribution in [2.75, 3.05) is 6.54 Å². The lowest BCUT2D eigenvalue weighted by molar-refractivity contribution is -0.886. The monoisotopic (exact) mass is 290 g/mol. The molecule has 0 bridgehead atoms. The van der Waals surface area contributed by atoms with E-state index in [1.165, 1.54) is 21.5 Å². The maximum absolute atomic E-state index is 8.66. The first-order valence-electron chi connectivity index (χ1n) is 7.10. The van der Waals surface area contributed by atoms with Crippen LogP contribution in [-0.2, 0) is 12.2 Å². The van der Waals surface area contributed by atoms with Crippen LogP contribution in [0.15, 0.2) is 59.5 Å². The van der Waals surface area contributed by atoms with E-state index in [1.54, 1.807) is 0 Å². The van der Waals surface area contributed by atoms with Gasteiger partial charge < -0.3 is 0 Å². The van der Waals surface area contributed by atoms with Gasteiger partial charge in [-0.3, -0.25) is 0 Å². The number of hydrogen-bond acceptors (Lipinski definition) is 2. The van der Waals surface area contributed by atoms with Crippen molar-refractivity contribution < 1.29 is 10.7 Å². The molecular formula is C17H24NOS+. The van der Waals surface area contributed by atoms with Crippen LogP contribution in [0.4, 0.5) is 0 Å². The lowest BCUT2D eigenvalue weighted by Crippen LogP contribution is -2.81. The Morgan fingerprint density at radius 3 is 2.10 bits per heavy atom. The minimum atomic E-state index is 0.720. The number of quaternary nitrogens is 1. The second kappa shape index (κ2) is 10.5. The Bertz CT molecular complexity index is 456. The van der Waals surface area contributed by atoms with E-state index < -0.39 is 0 Å². The fourth-order valence-electron chi connectivity index (χ4n) is 1.72. The molecule has 3 heteroatoms. The van der Waals surface area contributed by atoms with Crippen LogP contribution in [0, 0.1) is 0 Å². The van der Waals surface area contributed by atoms with Crippen molar-refractivity contribution in [2.24, 2.45) is 0 Å². The summed E-state index contributed by atoms with van der Waals surface area (Å²) in [6.45, 7) is 4.72. The molecule has 0 aliphatic carbocycles. The van der Waals surface area contributed by atoms with Gasteiger partial charge in [-0.15, -0.1) is 11.8 Å². The van der Waals surface area contributed by atoms with Crippen molar-refractivity contribution in [3.05, 3.63) is 65.7 Å². The molecule has 2 rings (SSSR count). The third-order valence-corrected chi connectivity index (χ3v) is 3.82. The summed E-state index contributed by atoms with van der Waals surface area (Å²) in [5.41, 5.74) is 3.83. The lowest BCUT2D eigenvalue weighted by atomic mass is 10.1. The van der Waals surface area contributed by atoms with Crippen LogP contribution in [0.25, 0.3) is 0 Å². The van der Waals surface area contributed by atoms with Crippen molar-refractivity contribution in [3.63, 3.8) is 0 Å². The molecule has 20 heavy (non-hydrogen) atoms. The van der Waals surface area contributed by atoms with Crippen molar-refractivity contribution in [1.82, 2.24) is 0 Å². The Hall–Kier alpha value is -1.29. The van der Waals surface area contributed by atoms with Crippen LogP contribution >= 0.6 is 11.8 Å². The van der Waals surface area contributed by atoms with E-state index in [1.807, 2.05) is 31.7 Å². The van der Waals surface area contributed by atoms with Crippen LogP contribution in [0.2, 0.25) is 0 Å². The van der Waals surface area contributed by atoms with Gasteiger partial charge in [-0.1, -0.05) is 56.3 Å². The molecule has 0 fully saturated rings. The SMILES string of the molecule is CC.O[NH2+]CCc1ccc(CSc2ccccc2)cc1. The highest BCUT2D eigenvalue weighted by molar-refractivity contribution is 7.98. The summed E-state index contributed by atoms with van der Waals surface area (Å²) >= 11 is 1.85.